The highest BCUT2D eigenvalue weighted by Gasteiger charge is 2.30. The maximum atomic E-state index is 6.07. The standard InChI is InChI=1S/C11H18ClN3O/c1-15-8-10(7-14-15)6-13-11(9-12)2-4-16-5-3-11/h7-8,13H,2-6,9H2,1H3. The number of hydrogen-bond donors (Lipinski definition) is 1. The molecule has 0 spiro atoms. The summed E-state index contributed by atoms with van der Waals surface area (Å²) in [4.78, 5) is 0. The van der Waals surface area contributed by atoms with Gasteiger partial charge >= 0.3 is 0 Å². The van der Waals surface area contributed by atoms with Gasteiger partial charge < -0.3 is 10.1 Å². The van der Waals surface area contributed by atoms with Gasteiger partial charge in [-0.3, -0.25) is 4.68 Å². The Bertz CT molecular complexity index is 334. The Morgan fingerprint density at radius 2 is 2.31 bits per heavy atom. The van der Waals surface area contributed by atoms with Crippen molar-refractivity contribution in [1.82, 2.24) is 15.1 Å². The molecule has 1 fully saturated rings. The molecular formula is C11H18ClN3O. The largest absolute Gasteiger partial charge is 0.381 e. The van der Waals surface area contributed by atoms with E-state index in [2.05, 4.69) is 10.4 Å². The molecule has 1 N–H and O–H groups in total. The van der Waals surface area contributed by atoms with Crippen molar-refractivity contribution in [2.45, 2.75) is 24.9 Å². The number of aromatic nitrogens is 2. The minimum absolute atomic E-state index is 0.0373. The fourth-order valence-electron chi connectivity index (χ4n) is 1.97. The van der Waals surface area contributed by atoms with Crippen LogP contribution in [0, 0.1) is 0 Å². The number of hydrogen-bond acceptors (Lipinski definition) is 3. The van der Waals surface area contributed by atoms with E-state index in [0.29, 0.717) is 5.88 Å². The summed E-state index contributed by atoms with van der Waals surface area (Å²) in [5.74, 6) is 0.636. The second-order valence-electron chi connectivity index (χ2n) is 4.40. The second-order valence-corrected chi connectivity index (χ2v) is 4.67. The normalized spacial score (nSPS) is 19.9. The van der Waals surface area contributed by atoms with Crippen molar-refractivity contribution in [1.29, 1.82) is 0 Å². The number of halogens is 1. The van der Waals surface area contributed by atoms with E-state index < -0.39 is 0 Å². The third-order valence-electron chi connectivity index (χ3n) is 3.13. The van der Waals surface area contributed by atoms with Gasteiger partial charge in [0.1, 0.15) is 0 Å². The summed E-state index contributed by atoms with van der Waals surface area (Å²) in [5, 5.41) is 7.70. The Kier molecular flexibility index (Phi) is 3.84. The van der Waals surface area contributed by atoms with E-state index in [4.69, 9.17) is 16.3 Å². The van der Waals surface area contributed by atoms with E-state index in [0.717, 1.165) is 32.6 Å². The van der Waals surface area contributed by atoms with Crippen molar-refractivity contribution < 1.29 is 4.74 Å². The quantitative estimate of drug-likeness (QED) is 0.811. The highest BCUT2D eigenvalue weighted by atomic mass is 35.5. The molecule has 90 valence electrons. The average molecular weight is 244 g/mol. The lowest BCUT2D eigenvalue weighted by molar-refractivity contribution is 0.0459. The van der Waals surface area contributed by atoms with Gasteiger partial charge in [0, 0.05) is 50.0 Å². The van der Waals surface area contributed by atoms with Crippen molar-refractivity contribution in [2.24, 2.45) is 7.05 Å². The summed E-state index contributed by atoms with van der Waals surface area (Å²) in [6.07, 6.45) is 5.87. The van der Waals surface area contributed by atoms with Crippen molar-refractivity contribution in [3.63, 3.8) is 0 Å². The summed E-state index contributed by atoms with van der Waals surface area (Å²) >= 11 is 6.07. The molecule has 2 rings (SSSR count). The Hall–Kier alpha value is -0.580. The van der Waals surface area contributed by atoms with Gasteiger partial charge in [0.2, 0.25) is 0 Å². The van der Waals surface area contributed by atoms with Crippen LogP contribution in [0.3, 0.4) is 0 Å². The molecule has 0 unspecified atom stereocenters. The first kappa shape index (κ1) is 11.9. The van der Waals surface area contributed by atoms with E-state index in [1.807, 2.05) is 24.1 Å². The molecule has 5 heteroatoms. The predicted octanol–water partition coefficient (Wildman–Crippen LogP) is 1.30. The zero-order chi connectivity index (χ0) is 11.4. The lowest BCUT2D eigenvalue weighted by atomic mass is 9.92. The summed E-state index contributed by atoms with van der Waals surface area (Å²) in [6.45, 7) is 2.42. The van der Waals surface area contributed by atoms with Gasteiger partial charge in [0.25, 0.3) is 0 Å². The SMILES string of the molecule is Cn1cc(CNC2(CCl)CCOCC2)cn1. The first-order valence-electron chi connectivity index (χ1n) is 5.60. The van der Waals surface area contributed by atoms with Gasteiger partial charge in [-0.1, -0.05) is 0 Å². The van der Waals surface area contributed by atoms with Crippen molar-refractivity contribution >= 4 is 11.6 Å². The van der Waals surface area contributed by atoms with Crippen LogP contribution in [-0.4, -0.2) is 34.4 Å². The van der Waals surface area contributed by atoms with Crippen LogP contribution in [0.15, 0.2) is 12.4 Å². The maximum Gasteiger partial charge on any atom is 0.0534 e. The molecule has 0 amide bonds. The van der Waals surface area contributed by atoms with Crippen molar-refractivity contribution in [3.8, 4) is 0 Å². The summed E-state index contributed by atoms with van der Waals surface area (Å²) < 4.78 is 7.18. The van der Waals surface area contributed by atoms with Gasteiger partial charge in [0.05, 0.1) is 6.20 Å². The van der Waals surface area contributed by atoms with Crippen molar-refractivity contribution in [3.05, 3.63) is 18.0 Å². The zero-order valence-corrected chi connectivity index (χ0v) is 10.3. The molecule has 16 heavy (non-hydrogen) atoms. The lowest BCUT2D eigenvalue weighted by Crippen LogP contribution is -2.50. The second kappa shape index (κ2) is 5.17. The van der Waals surface area contributed by atoms with Crippen LogP contribution < -0.4 is 5.32 Å². The molecule has 0 atom stereocenters. The van der Waals surface area contributed by atoms with Crippen LogP contribution in [0.2, 0.25) is 0 Å². The molecule has 0 radical (unpaired) electrons. The van der Waals surface area contributed by atoms with E-state index in [1.165, 1.54) is 5.56 Å². The van der Waals surface area contributed by atoms with Gasteiger partial charge in [-0.15, -0.1) is 11.6 Å². The van der Waals surface area contributed by atoms with E-state index in [1.54, 1.807) is 0 Å². The third kappa shape index (κ3) is 2.75. The van der Waals surface area contributed by atoms with Crippen LogP contribution in [0.25, 0.3) is 0 Å². The van der Waals surface area contributed by atoms with E-state index >= 15 is 0 Å². The molecule has 1 aliphatic heterocycles. The molecule has 1 aliphatic rings. The molecule has 1 aromatic heterocycles. The molecule has 1 aromatic rings. The number of alkyl halides is 1. The number of rotatable bonds is 4. The number of nitrogens with zero attached hydrogens (tertiary/aromatic N) is 2. The highest BCUT2D eigenvalue weighted by Crippen LogP contribution is 2.22. The van der Waals surface area contributed by atoms with Crippen LogP contribution in [0.4, 0.5) is 0 Å². The molecule has 0 aromatic carbocycles. The zero-order valence-electron chi connectivity index (χ0n) is 9.58. The van der Waals surface area contributed by atoms with Crippen LogP contribution in [0.5, 0.6) is 0 Å². The predicted molar refractivity (Wildman–Crippen MR) is 63.6 cm³/mol. The Morgan fingerprint density at radius 1 is 1.56 bits per heavy atom. The molecule has 1 saturated heterocycles. The number of ether oxygens (including phenoxy) is 1. The smallest absolute Gasteiger partial charge is 0.0534 e. The first-order chi connectivity index (χ1) is 7.74. The van der Waals surface area contributed by atoms with Gasteiger partial charge in [0.15, 0.2) is 0 Å². The maximum absolute atomic E-state index is 6.07. The van der Waals surface area contributed by atoms with Crippen molar-refractivity contribution in [2.75, 3.05) is 19.1 Å². The molecule has 0 aliphatic carbocycles. The molecule has 4 nitrogen and oxygen atoms in total. The molecule has 2 heterocycles. The Balaban J connectivity index is 1.91. The van der Waals surface area contributed by atoms with E-state index in [-0.39, 0.29) is 5.54 Å². The first-order valence-corrected chi connectivity index (χ1v) is 6.14. The fourth-order valence-corrected chi connectivity index (χ4v) is 2.33. The van der Waals surface area contributed by atoms with Crippen LogP contribution in [0.1, 0.15) is 18.4 Å². The number of nitrogens with one attached hydrogen (secondary N) is 1. The highest BCUT2D eigenvalue weighted by molar-refractivity contribution is 6.18. The van der Waals surface area contributed by atoms with Gasteiger partial charge in [-0.05, 0) is 12.8 Å². The summed E-state index contributed by atoms with van der Waals surface area (Å²) in [6, 6.07) is 0. The lowest BCUT2D eigenvalue weighted by Gasteiger charge is -2.36. The number of aryl methyl sites for hydroxylation is 1. The summed E-state index contributed by atoms with van der Waals surface area (Å²) in [5.41, 5.74) is 1.23. The minimum Gasteiger partial charge on any atom is -0.381 e. The molecule has 0 saturated carbocycles. The van der Waals surface area contributed by atoms with Crippen LogP contribution in [-0.2, 0) is 18.3 Å². The van der Waals surface area contributed by atoms with E-state index in [9.17, 15) is 0 Å². The minimum atomic E-state index is 0.0373. The topological polar surface area (TPSA) is 39.1 Å². The molecular weight excluding hydrogens is 226 g/mol. The Labute approximate surface area is 101 Å². The summed E-state index contributed by atoms with van der Waals surface area (Å²) in [7, 11) is 1.93. The van der Waals surface area contributed by atoms with Crippen LogP contribution >= 0.6 is 11.6 Å². The molecule has 0 bridgehead atoms. The van der Waals surface area contributed by atoms with Gasteiger partial charge in [-0.2, -0.15) is 5.10 Å². The monoisotopic (exact) mass is 243 g/mol. The third-order valence-corrected chi connectivity index (χ3v) is 3.64. The van der Waals surface area contributed by atoms with Gasteiger partial charge in [-0.25, -0.2) is 0 Å². The average Bonchev–Trinajstić information content (AvgIpc) is 2.74. The Morgan fingerprint density at radius 3 is 2.88 bits per heavy atom. The fraction of sp³-hybridized carbons (Fsp3) is 0.727.